The molecule has 1 heterocycles. The van der Waals surface area contributed by atoms with Gasteiger partial charge in [0.25, 0.3) is 0 Å². The van der Waals surface area contributed by atoms with Crippen molar-refractivity contribution in [3.8, 4) is 28.7 Å². The number of hydrogen-bond donors (Lipinski definition) is 2. The third-order valence-corrected chi connectivity index (χ3v) is 4.03. The number of hydrogen-bond acceptors (Lipinski definition) is 4. The average Bonchev–Trinajstić information content (AvgIpc) is 2.93. The molecule has 2 aromatic carbocycles. The molecular formula is C17H16N2O2. The fourth-order valence-electron chi connectivity index (χ4n) is 2.91. The molecule has 1 aliphatic rings. The lowest BCUT2D eigenvalue weighted by Gasteiger charge is -2.17. The van der Waals surface area contributed by atoms with E-state index in [1.54, 1.807) is 12.1 Å². The Morgan fingerprint density at radius 1 is 1.29 bits per heavy atom. The van der Waals surface area contributed by atoms with E-state index in [-0.39, 0.29) is 5.75 Å². The lowest BCUT2D eigenvalue weighted by Crippen LogP contribution is -2.00. The van der Waals surface area contributed by atoms with E-state index >= 15 is 0 Å². The van der Waals surface area contributed by atoms with E-state index in [0.29, 0.717) is 17.9 Å². The highest BCUT2D eigenvalue weighted by Gasteiger charge is 2.25. The standard InChI is InChI=1S/C17H16N2O2/c1-9-3-4-13(20)10(2)14(9)15-16(19)12(8-18)7-11-5-6-21-17(11)15/h3-4,7,20H,5-6,19H2,1-2H3. The molecule has 21 heavy (non-hydrogen) atoms. The number of nitrogens with zero attached hydrogens (tertiary/aromatic N) is 1. The van der Waals surface area contributed by atoms with Crippen LogP contribution < -0.4 is 10.5 Å². The lowest BCUT2D eigenvalue weighted by atomic mass is 9.90. The van der Waals surface area contributed by atoms with Crippen molar-refractivity contribution >= 4 is 5.69 Å². The number of benzene rings is 2. The second kappa shape index (κ2) is 4.71. The molecule has 3 N–H and O–H groups in total. The van der Waals surface area contributed by atoms with E-state index in [9.17, 15) is 10.4 Å². The van der Waals surface area contributed by atoms with Gasteiger partial charge in [0, 0.05) is 12.0 Å². The first-order valence-corrected chi connectivity index (χ1v) is 6.82. The van der Waals surface area contributed by atoms with Gasteiger partial charge in [-0.25, -0.2) is 0 Å². The molecule has 0 amide bonds. The molecule has 0 atom stereocenters. The summed E-state index contributed by atoms with van der Waals surface area (Å²) in [4.78, 5) is 0. The third kappa shape index (κ3) is 1.90. The quantitative estimate of drug-likeness (QED) is 0.787. The molecule has 4 nitrogen and oxygen atoms in total. The normalized spacial score (nSPS) is 12.6. The number of aryl methyl sites for hydroxylation is 1. The number of nitrogens with two attached hydrogens (primary N) is 1. The van der Waals surface area contributed by atoms with Crippen molar-refractivity contribution in [2.75, 3.05) is 12.3 Å². The van der Waals surface area contributed by atoms with Gasteiger partial charge in [-0.1, -0.05) is 6.07 Å². The maximum Gasteiger partial charge on any atom is 0.132 e. The van der Waals surface area contributed by atoms with E-state index in [2.05, 4.69) is 6.07 Å². The van der Waals surface area contributed by atoms with Crippen LogP contribution in [0.4, 0.5) is 5.69 Å². The van der Waals surface area contributed by atoms with Crippen molar-refractivity contribution in [3.63, 3.8) is 0 Å². The fraction of sp³-hybridized carbons (Fsp3) is 0.235. The molecule has 0 fully saturated rings. The minimum atomic E-state index is 0.212. The minimum absolute atomic E-state index is 0.212. The van der Waals surface area contributed by atoms with Crippen LogP contribution in [0, 0.1) is 25.2 Å². The summed E-state index contributed by atoms with van der Waals surface area (Å²) in [5.74, 6) is 0.951. The first-order chi connectivity index (χ1) is 10.0. The molecular weight excluding hydrogens is 264 g/mol. The molecule has 0 saturated heterocycles. The highest BCUT2D eigenvalue weighted by molar-refractivity contribution is 5.90. The van der Waals surface area contributed by atoms with Gasteiger partial charge in [0.15, 0.2) is 0 Å². The smallest absolute Gasteiger partial charge is 0.132 e. The van der Waals surface area contributed by atoms with E-state index < -0.39 is 0 Å². The maximum atomic E-state index is 10.0. The topological polar surface area (TPSA) is 79.3 Å². The minimum Gasteiger partial charge on any atom is -0.508 e. The van der Waals surface area contributed by atoms with Gasteiger partial charge in [-0.05, 0) is 48.2 Å². The molecule has 0 aromatic heterocycles. The van der Waals surface area contributed by atoms with Crippen LogP contribution in [0.3, 0.4) is 0 Å². The lowest BCUT2D eigenvalue weighted by molar-refractivity contribution is 0.358. The summed E-state index contributed by atoms with van der Waals surface area (Å²) in [7, 11) is 0. The van der Waals surface area contributed by atoms with Crippen molar-refractivity contribution in [2.24, 2.45) is 0 Å². The highest BCUT2D eigenvalue weighted by Crippen LogP contribution is 2.46. The number of fused-ring (bicyclic) bond motifs is 1. The molecule has 0 unspecified atom stereocenters. The van der Waals surface area contributed by atoms with Gasteiger partial charge in [-0.3, -0.25) is 0 Å². The highest BCUT2D eigenvalue weighted by atomic mass is 16.5. The molecule has 0 radical (unpaired) electrons. The number of nitriles is 1. The Kier molecular flexibility index (Phi) is 2.99. The van der Waals surface area contributed by atoms with Crippen LogP contribution in [-0.4, -0.2) is 11.7 Å². The SMILES string of the molecule is Cc1ccc(O)c(C)c1-c1c(N)c(C#N)cc2c1OCC2. The van der Waals surface area contributed by atoms with Gasteiger partial charge in [0.1, 0.15) is 17.6 Å². The molecule has 0 spiro atoms. The summed E-state index contributed by atoms with van der Waals surface area (Å²) in [6.45, 7) is 4.40. The third-order valence-electron chi connectivity index (χ3n) is 4.03. The zero-order valence-electron chi connectivity index (χ0n) is 12.0. The van der Waals surface area contributed by atoms with Crippen LogP contribution >= 0.6 is 0 Å². The van der Waals surface area contributed by atoms with Crippen molar-refractivity contribution in [2.45, 2.75) is 20.3 Å². The van der Waals surface area contributed by atoms with Gasteiger partial charge in [-0.15, -0.1) is 0 Å². The van der Waals surface area contributed by atoms with Gasteiger partial charge < -0.3 is 15.6 Å². The number of anilines is 1. The van der Waals surface area contributed by atoms with E-state index in [1.807, 2.05) is 19.9 Å². The molecule has 0 bridgehead atoms. The van der Waals surface area contributed by atoms with Crippen molar-refractivity contribution in [3.05, 3.63) is 40.5 Å². The molecule has 4 heteroatoms. The maximum absolute atomic E-state index is 10.0. The first-order valence-electron chi connectivity index (χ1n) is 6.82. The number of phenolic OH excluding ortho intramolecular Hbond substituents is 1. The van der Waals surface area contributed by atoms with E-state index in [4.69, 9.17) is 10.5 Å². The van der Waals surface area contributed by atoms with Crippen molar-refractivity contribution in [1.82, 2.24) is 0 Å². The van der Waals surface area contributed by atoms with E-state index in [1.165, 1.54) is 0 Å². The summed E-state index contributed by atoms with van der Waals surface area (Å²) in [6.07, 6.45) is 0.772. The predicted molar refractivity (Wildman–Crippen MR) is 81.3 cm³/mol. The zero-order chi connectivity index (χ0) is 15.1. The molecule has 0 saturated carbocycles. The Bertz CT molecular complexity index is 785. The largest absolute Gasteiger partial charge is 0.508 e. The summed E-state index contributed by atoms with van der Waals surface area (Å²) < 4.78 is 5.74. The number of nitrogen functional groups attached to an aromatic ring is 1. The Labute approximate surface area is 123 Å². The zero-order valence-corrected chi connectivity index (χ0v) is 12.0. The van der Waals surface area contributed by atoms with Crippen LogP contribution in [0.15, 0.2) is 18.2 Å². The number of rotatable bonds is 1. The molecule has 3 rings (SSSR count). The molecule has 1 aliphatic heterocycles. The monoisotopic (exact) mass is 280 g/mol. The van der Waals surface area contributed by atoms with Crippen LogP contribution in [0.2, 0.25) is 0 Å². The number of aromatic hydroxyl groups is 1. The Hall–Kier alpha value is -2.67. The summed E-state index contributed by atoms with van der Waals surface area (Å²) >= 11 is 0. The summed E-state index contributed by atoms with van der Waals surface area (Å²) in [5, 5.41) is 19.3. The Morgan fingerprint density at radius 3 is 2.76 bits per heavy atom. The Balaban J connectivity index is 2.42. The van der Waals surface area contributed by atoms with Gasteiger partial charge in [0.2, 0.25) is 0 Å². The summed E-state index contributed by atoms with van der Waals surface area (Å²) in [6, 6.07) is 7.46. The van der Waals surface area contributed by atoms with Crippen LogP contribution in [0.5, 0.6) is 11.5 Å². The number of phenols is 1. The average molecular weight is 280 g/mol. The van der Waals surface area contributed by atoms with Crippen molar-refractivity contribution < 1.29 is 9.84 Å². The second-order valence-electron chi connectivity index (χ2n) is 5.31. The van der Waals surface area contributed by atoms with Gasteiger partial charge >= 0.3 is 0 Å². The van der Waals surface area contributed by atoms with Crippen molar-refractivity contribution in [1.29, 1.82) is 5.26 Å². The first kappa shape index (κ1) is 13.3. The number of ether oxygens (including phenoxy) is 1. The predicted octanol–water partition coefficient (Wildman–Crippen LogP) is 3.06. The van der Waals surface area contributed by atoms with Gasteiger partial charge in [0.05, 0.1) is 17.9 Å². The van der Waals surface area contributed by atoms with Crippen LogP contribution in [0.25, 0.3) is 11.1 Å². The molecule has 0 aliphatic carbocycles. The van der Waals surface area contributed by atoms with Gasteiger partial charge in [-0.2, -0.15) is 5.26 Å². The molecule has 106 valence electrons. The second-order valence-corrected chi connectivity index (χ2v) is 5.31. The fourth-order valence-corrected chi connectivity index (χ4v) is 2.91. The van der Waals surface area contributed by atoms with Crippen LogP contribution in [0.1, 0.15) is 22.3 Å². The molecule has 2 aromatic rings. The summed E-state index contributed by atoms with van der Waals surface area (Å²) in [5.41, 5.74) is 11.4. The van der Waals surface area contributed by atoms with E-state index in [0.717, 1.165) is 40.0 Å². The van der Waals surface area contributed by atoms with Crippen LogP contribution in [-0.2, 0) is 6.42 Å². The Morgan fingerprint density at radius 2 is 2.05 bits per heavy atom.